The van der Waals surface area contributed by atoms with Crippen molar-refractivity contribution in [2.24, 2.45) is 5.73 Å². The van der Waals surface area contributed by atoms with Gasteiger partial charge in [-0.3, -0.25) is 4.79 Å². The first kappa shape index (κ1) is 16.0. The number of fused-ring (bicyclic) bond motifs is 1. The number of carbonyl (C=O) groups is 1. The van der Waals surface area contributed by atoms with Crippen LogP contribution in [0.15, 0.2) is 24.3 Å². The van der Waals surface area contributed by atoms with Crippen molar-refractivity contribution in [3.63, 3.8) is 0 Å². The van der Waals surface area contributed by atoms with Gasteiger partial charge in [0, 0.05) is 12.2 Å². The first-order chi connectivity index (χ1) is 8.74. The molecule has 0 fully saturated rings. The lowest BCUT2D eigenvalue weighted by Crippen LogP contribution is -2.44. The van der Waals surface area contributed by atoms with Gasteiger partial charge in [0.15, 0.2) is 0 Å². The van der Waals surface area contributed by atoms with Gasteiger partial charge in [-0.05, 0) is 37.3 Å². The van der Waals surface area contributed by atoms with Crippen LogP contribution in [-0.4, -0.2) is 18.5 Å². The zero-order valence-electron chi connectivity index (χ0n) is 11.5. The maximum atomic E-state index is 12.4. The van der Waals surface area contributed by atoms with Crippen LogP contribution in [-0.2, 0) is 11.2 Å². The minimum absolute atomic E-state index is 0. The Balaban J connectivity index is 0.00000180. The minimum atomic E-state index is -0.360. The number of halogens is 1. The highest BCUT2D eigenvalue weighted by molar-refractivity contribution is 5.97. The number of carbonyl (C=O) groups excluding carboxylic acids is 1. The molecule has 0 saturated heterocycles. The van der Waals surface area contributed by atoms with Gasteiger partial charge in [0.05, 0.1) is 6.04 Å². The molecule has 1 heterocycles. The van der Waals surface area contributed by atoms with Gasteiger partial charge in [-0.1, -0.05) is 31.5 Å². The third-order valence-corrected chi connectivity index (χ3v) is 3.54. The molecule has 0 aliphatic carbocycles. The first-order valence-corrected chi connectivity index (χ1v) is 6.89. The van der Waals surface area contributed by atoms with Crippen molar-refractivity contribution in [2.75, 3.05) is 11.4 Å². The van der Waals surface area contributed by atoms with E-state index in [0.717, 1.165) is 44.3 Å². The van der Waals surface area contributed by atoms with Crippen LogP contribution in [0.4, 0.5) is 5.69 Å². The number of hydrogen-bond acceptors (Lipinski definition) is 2. The fourth-order valence-electron chi connectivity index (χ4n) is 2.55. The Kier molecular flexibility index (Phi) is 6.32. The SMILES string of the molecule is CCCC(N)C(=O)N1CCCCc2ccccc21.Cl. The molecule has 3 nitrogen and oxygen atoms in total. The van der Waals surface area contributed by atoms with Crippen molar-refractivity contribution in [1.82, 2.24) is 0 Å². The van der Waals surface area contributed by atoms with Gasteiger partial charge in [-0.2, -0.15) is 0 Å². The van der Waals surface area contributed by atoms with Crippen molar-refractivity contribution in [2.45, 2.75) is 45.1 Å². The van der Waals surface area contributed by atoms with Gasteiger partial charge in [-0.25, -0.2) is 0 Å². The topological polar surface area (TPSA) is 46.3 Å². The Bertz CT molecular complexity index is 422. The van der Waals surface area contributed by atoms with E-state index in [1.807, 2.05) is 23.1 Å². The van der Waals surface area contributed by atoms with Crippen molar-refractivity contribution < 1.29 is 4.79 Å². The number of benzene rings is 1. The van der Waals surface area contributed by atoms with E-state index in [2.05, 4.69) is 13.0 Å². The van der Waals surface area contributed by atoms with E-state index in [9.17, 15) is 4.79 Å². The van der Waals surface area contributed by atoms with E-state index in [4.69, 9.17) is 5.73 Å². The lowest BCUT2D eigenvalue weighted by Gasteiger charge is -2.25. The summed E-state index contributed by atoms with van der Waals surface area (Å²) < 4.78 is 0. The van der Waals surface area contributed by atoms with Gasteiger partial charge in [-0.15, -0.1) is 12.4 Å². The highest BCUT2D eigenvalue weighted by atomic mass is 35.5. The molecule has 1 aliphatic heterocycles. The standard InChI is InChI=1S/C15H22N2O.ClH/c1-2-7-13(16)15(18)17-11-6-5-9-12-8-3-4-10-14(12)17;/h3-4,8,10,13H,2,5-7,9,11,16H2,1H3;1H. The third-order valence-electron chi connectivity index (χ3n) is 3.54. The molecular formula is C15H23ClN2O. The van der Waals surface area contributed by atoms with E-state index in [1.165, 1.54) is 5.56 Å². The molecule has 0 saturated carbocycles. The molecule has 0 aromatic heterocycles. The number of nitrogens with zero attached hydrogens (tertiary/aromatic N) is 1. The fourth-order valence-corrected chi connectivity index (χ4v) is 2.55. The summed E-state index contributed by atoms with van der Waals surface area (Å²) in [6.45, 7) is 2.86. The molecule has 1 aromatic rings. The van der Waals surface area contributed by atoms with E-state index in [-0.39, 0.29) is 24.4 Å². The number of amides is 1. The summed E-state index contributed by atoms with van der Waals surface area (Å²) in [4.78, 5) is 14.3. The van der Waals surface area contributed by atoms with Crippen molar-refractivity contribution in [1.29, 1.82) is 0 Å². The highest BCUT2D eigenvalue weighted by Gasteiger charge is 2.24. The predicted octanol–water partition coefficient (Wildman–Crippen LogP) is 2.91. The summed E-state index contributed by atoms with van der Waals surface area (Å²) >= 11 is 0. The zero-order valence-corrected chi connectivity index (χ0v) is 12.3. The van der Waals surface area contributed by atoms with E-state index in [1.54, 1.807) is 0 Å². The van der Waals surface area contributed by atoms with Gasteiger partial charge in [0.1, 0.15) is 0 Å². The average molecular weight is 283 g/mol. The van der Waals surface area contributed by atoms with Crippen LogP contribution in [0.3, 0.4) is 0 Å². The summed E-state index contributed by atoms with van der Waals surface area (Å²) in [7, 11) is 0. The molecule has 19 heavy (non-hydrogen) atoms. The molecule has 106 valence electrons. The summed E-state index contributed by atoms with van der Waals surface area (Å²) in [5, 5.41) is 0. The van der Waals surface area contributed by atoms with Crippen LogP contribution in [0.1, 0.15) is 38.2 Å². The van der Waals surface area contributed by atoms with Crippen LogP contribution >= 0.6 is 12.4 Å². The van der Waals surface area contributed by atoms with Gasteiger partial charge in [0.2, 0.25) is 5.91 Å². The summed E-state index contributed by atoms with van der Waals surface area (Å²) in [5.41, 5.74) is 8.31. The van der Waals surface area contributed by atoms with Crippen LogP contribution in [0.2, 0.25) is 0 Å². The predicted molar refractivity (Wildman–Crippen MR) is 81.9 cm³/mol. The second-order valence-corrected chi connectivity index (χ2v) is 4.97. The molecular weight excluding hydrogens is 260 g/mol. The Labute approximate surface area is 121 Å². The average Bonchev–Trinajstić information content (AvgIpc) is 2.60. The maximum absolute atomic E-state index is 12.4. The Morgan fingerprint density at radius 1 is 1.37 bits per heavy atom. The van der Waals surface area contributed by atoms with Crippen LogP contribution in [0.25, 0.3) is 0 Å². The molecule has 1 unspecified atom stereocenters. The number of anilines is 1. The molecule has 0 bridgehead atoms. The molecule has 1 atom stereocenters. The van der Waals surface area contributed by atoms with E-state index >= 15 is 0 Å². The van der Waals surface area contributed by atoms with Crippen molar-refractivity contribution >= 4 is 24.0 Å². The highest BCUT2D eigenvalue weighted by Crippen LogP contribution is 2.26. The number of nitrogens with two attached hydrogens (primary N) is 1. The maximum Gasteiger partial charge on any atom is 0.243 e. The van der Waals surface area contributed by atoms with E-state index < -0.39 is 0 Å². The molecule has 4 heteroatoms. The van der Waals surface area contributed by atoms with Crippen LogP contribution < -0.4 is 10.6 Å². The zero-order chi connectivity index (χ0) is 13.0. The molecule has 1 aromatic carbocycles. The summed E-state index contributed by atoms with van der Waals surface area (Å²) in [5.74, 6) is 0.0752. The molecule has 0 radical (unpaired) electrons. The molecule has 2 N–H and O–H groups in total. The summed E-state index contributed by atoms with van der Waals surface area (Å²) in [6.07, 6.45) is 4.96. The lowest BCUT2D eigenvalue weighted by atomic mass is 10.1. The normalized spacial score (nSPS) is 16.0. The Hall–Kier alpha value is -1.06. The van der Waals surface area contributed by atoms with Crippen molar-refractivity contribution in [3.05, 3.63) is 29.8 Å². The largest absolute Gasteiger partial charge is 0.320 e. The second-order valence-electron chi connectivity index (χ2n) is 4.97. The molecule has 1 amide bonds. The molecule has 0 spiro atoms. The molecule has 2 rings (SSSR count). The molecule has 1 aliphatic rings. The smallest absolute Gasteiger partial charge is 0.243 e. The number of para-hydroxylation sites is 1. The van der Waals surface area contributed by atoms with Gasteiger partial charge in [0.25, 0.3) is 0 Å². The van der Waals surface area contributed by atoms with Crippen LogP contribution in [0, 0.1) is 0 Å². The van der Waals surface area contributed by atoms with Crippen LogP contribution in [0.5, 0.6) is 0 Å². The van der Waals surface area contributed by atoms with Gasteiger partial charge >= 0.3 is 0 Å². The first-order valence-electron chi connectivity index (χ1n) is 6.89. The minimum Gasteiger partial charge on any atom is -0.320 e. The quantitative estimate of drug-likeness (QED) is 0.927. The number of hydrogen-bond donors (Lipinski definition) is 1. The lowest BCUT2D eigenvalue weighted by molar-refractivity contribution is -0.120. The van der Waals surface area contributed by atoms with E-state index in [0.29, 0.717) is 0 Å². The van der Waals surface area contributed by atoms with Crippen molar-refractivity contribution in [3.8, 4) is 0 Å². The van der Waals surface area contributed by atoms with Gasteiger partial charge < -0.3 is 10.6 Å². The Morgan fingerprint density at radius 2 is 2.11 bits per heavy atom. The summed E-state index contributed by atoms with van der Waals surface area (Å²) in [6, 6.07) is 7.83. The second kappa shape index (κ2) is 7.51. The number of rotatable bonds is 3. The monoisotopic (exact) mass is 282 g/mol. The Morgan fingerprint density at radius 3 is 2.84 bits per heavy atom. The third kappa shape index (κ3) is 3.71. The number of aryl methyl sites for hydroxylation is 1. The fraction of sp³-hybridized carbons (Fsp3) is 0.533.